The maximum absolute atomic E-state index is 5.46. The van der Waals surface area contributed by atoms with E-state index in [-0.39, 0.29) is 6.04 Å². The number of hydrogen-bond donors (Lipinski definition) is 2. The van der Waals surface area contributed by atoms with E-state index in [2.05, 4.69) is 34.2 Å². The molecule has 9 nitrogen and oxygen atoms in total. The van der Waals surface area contributed by atoms with Crippen molar-refractivity contribution < 1.29 is 38.5 Å². The van der Waals surface area contributed by atoms with Gasteiger partial charge in [0.25, 0.3) is 0 Å². The minimum atomic E-state index is 0.272. The zero-order valence-corrected chi connectivity index (χ0v) is 16.2. The highest BCUT2D eigenvalue weighted by molar-refractivity contribution is 7.78. The molecule has 25 heavy (non-hydrogen) atoms. The van der Waals surface area contributed by atoms with E-state index in [1.54, 1.807) is 0 Å². The first-order chi connectivity index (χ1) is 12.3. The molecule has 0 fully saturated rings. The maximum Gasteiger partial charge on any atom is 0.109 e. The molecule has 0 aliphatic carbocycles. The highest BCUT2D eigenvalue weighted by Gasteiger charge is 2.02. The average molecular weight is 387 g/mol. The zero-order chi connectivity index (χ0) is 18.4. The summed E-state index contributed by atoms with van der Waals surface area (Å²) in [4.78, 5) is 18.7. The van der Waals surface area contributed by atoms with Crippen LogP contribution < -0.4 is 4.72 Å². The van der Waals surface area contributed by atoms with Crippen LogP contribution in [0.4, 0.5) is 0 Å². The summed E-state index contributed by atoms with van der Waals surface area (Å²) in [5, 5.41) is 0. The third-order valence-corrected chi connectivity index (χ3v) is 3.24. The number of thiol groups is 1. The van der Waals surface area contributed by atoms with Crippen LogP contribution in [-0.4, -0.2) is 85.8 Å². The fourth-order valence-corrected chi connectivity index (χ4v) is 1.75. The minimum Gasteiger partial charge on any atom is -0.377 e. The molecule has 1 atom stereocenters. The smallest absolute Gasteiger partial charge is 0.109 e. The molecule has 0 aromatic rings. The first kappa shape index (κ1) is 25.0. The van der Waals surface area contributed by atoms with Gasteiger partial charge < -0.3 is 18.9 Å². The monoisotopic (exact) mass is 387 g/mol. The molecule has 0 rings (SSSR count). The van der Waals surface area contributed by atoms with Gasteiger partial charge in [0.05, 0.1) is 60.0 Å². The molecule has 0 saturated heterocycles. The number of rotatable bonds is 21. The van der Waals surface area contributed by atoms with Crippen LogP contribution in [0.25, 0.3) is 0 Å². The maximum atomic E-state index is 5.46. The van der Waals surface area contributed by atoms with Crippen molar-refractivity contribution in [3.05, 3.63) is 0 Å². The van der Waals surface area contributed by atoms with E-state index in [0.717, 1.165) is 6.42 Å². The Morgan fingerprint density at radius 1 is 0.680 bits per heavy atom. The molecular formula is C15H33NO8S. The predicted octanol–water partition coefficient (Wildman–Crippen LogP) is 0.792. The zero-order valence-electron chi connectivity index (χ0n) is 15.3. The first-order valence-corrected chi connectivity index (χ1v) is 8.90. The quantitative estimate of drug-likeness (QED) is 0.128. The van der Waals surface area contributed by atoms with Gasteiger partial charge in [-0.15, -0.1) is 0 Å². The molecule has 0 heterocycles. The van der Waals surface area contributed by atoms with Gasteiger partial charge in [-0.25, -0.2) is 19.6 Å². The summed E-state index contributed by atoms with van der Waals surface area (Å²) in [5.74, 6) is 0. The largest absolute Gasteiger partial charge is 0.377 e. The van der Waals surface area contributed by atoms with Gasteiger partial charge in [0, 0.05) is 6.04 Å². The van der Waals surface area contributed by atoms with E-state index in [0.29, 0.717) is 72.7 Å². The first-order valence-electron chi connectivity index (χ1n) is 8.45. The van der Waals surface area contributed by atoms with Crippen LogP contribution in [0.3, 0.4) is 0 Å². The molecule has 0 aromatic heterocycles. The highest BCUT2D eigenvalue weighted by Crippen LogP contribution is 1.93. The van der Waals surface area contributed by atoms with Crippen molar-refractivity contribution in [2.75, 3.05) is 79.8 Å². The molecule has 0 bridgehead atoms. The van der Waals surface area contributed by atoms with E-state index in [9.17, 15) is 0 Å². The topological polar surface area (TPSA) is 85.9 Å². The second kappa shape index (κ2) is 22.0. The Hall–Kier alpha value is -0.0100. The van der Waals surface area contributed by atoms with Gasteiger partial charge in [-0.3, -0.25) is 4.72 Å². The van der Waals surface area contributed by atoms with Crippen LogP contribution in [0.15, 0.2) is 0 Å². The van der Waals surface area contributed by atoms with Gasteiger partial charge >= 0.3 is 0 Å². The molecule has 0 aliphatic rings. The Labute approximate surface area is 155 Å². The van der Waals surface area contributed by atoms with E-state index in [1.165, 1.54) is 7.11 Å². The normalized spacial score (nSPS) is 12.6. The minimum absolute atomic E-state index is 0.272. The van der Waals surface area contributed by atoms with Gasteiger partial charge in [0.2, 0.25) is 0 Å². The summed E-state index contributed by atoms with van der Waals surface area (Å²) < 4.78 is 24.4. The standard InChI is InChI=1S/C15H33NO8S/c1-3-15(16-25)14-21-9-8-19-5-4-18-6-7-20-10-11-23-24-13-12-22-17-2/h15-16,25H,3-14H2,1-2H3. The molecule has 1 N–H and O–H groups in total. The van der Waals surface area contributed by atoms with Gasteiger partial charge in [0.15, 0.2) is 0 Å². The van der Waals surface area contributed by atoms with E-state index in [1.807, 2.05) is 0 Å². The van der Waals surface area contributed by atoms with Crippen molar-refractivity contribution in [2.45, 2.75) is 19.4 Å². The second-order valence-corrected chi connectivity index (χ2v) is 5.04. The Bertz CT molecular complexity index is 250. The fraction of sp³-hybridized carbons (Fsp3) is 1.00. The summed E-state index contributed by atoms with van der Waals surface area (Å²) >= 11 is 4.02. The molecule has 0 saturated carbocycles. The van der Waals surface area contributed by atoms with Crippen LogP contribution in [-0.2, 0) is 38.5 Å². The highest BCUT2D eigenvalue weighted by atomic mass is 32.1. The van der Waals surface area contributed by atoms with Gasteiger partial charge in [0.1, 0.15) is 19.8 Å². The molecule has 10 heteroatoms. The molecule has 0 aromatic carbocycles. The van der Waals surface area contributed by atoms with Gasteiger partial charge in [-0.05, 0) is 6.42 Å². The molecular weight excluding hydrogens is 354 g/mol. The van der Waals surface area contributed by atoms with Crippen molar-refractivity contribution >= 4 is 12.8 Å². The summed E-state index contributed by atoms with van der Waals surface area (Å²) in [6.07, 6.45) is 0.975. The van der Waals surface area contributed by atoms with Gasteiger partial charge in [-0.2, -0.15) is 0 Å². The lowest BCUT2D eigenvalue weighted by molar-refractivity contribution is -0.334. The van der Waals surface area contributed by atoms with Crippen molar-refractivity contribution in [2.24, 2.45) is 0 Å². The Morgan fingerprint density at radius 2 is 1.12 bits per heavy atom. The summed E-state index contributed by atoms with van der Waals surface area (Å²) in [6.45, 7) is 7.28. The van der Waals surface area contributed by atoms with Crippen LogP contribution in [0.2, 0.25) is 0 Å². The summed E-state index contributed by atoms with van der Waals surface area (Å²) in [6, 6.07) is 0.272. The predicted molar refractivity (Wildman–Crippen MR) is 94.3 cm³/mol. The fourth-order valence-electron chi connectivity index (χ4n) is 1.49. The van der Waals surface area contributed by atoms with Crippen molar-refractivity contribution in [1.29, 1.82) is 0 Å². The van der Waals surface area contributed by atoms with Crippen molar-refractivity contribution in [3.8, 4) is 0 Å². The van der Waals surface area contributed by atoms with Crippen LogP contribution in [0.5, 0.6) is 0 Å². The molecule has 1 unspecified atom stereocenters. The summed E-state index contributed by atoms with van der Waals surface area (Å²) in [7, 11) is 1.43. The SMILES string of the molecule is CCC(COCCOCCOCCOCCOOCCOOC)NS. The molecule has 0 aliphatic heterocycles. The number of nitrogens with one attached hydrogen (secondary N) is 1. The second-order valence-electron chi connectivity index (χ2n) is 4.78. The van der Waals surface area contributed by atoms with Crippen molar-refractivity contribution in [1.82, 2.24) is 4.72 Å². The lowest BCUT2D eigenvalue weighted by atomic mass is 10.3. The molecule has 0 amide bonds. The van der Waals surface area contributed by atoms with Crippen LogP contribution >= 0.6 is 12.8 Å². The lowest BCUT2D eigenvalue weighted by Crippen LogP contribution is -2.26. The third-order valence-electron chi connectivity index (χ3n) is 2.87. The van der Waals surface area contributed by atoms with E-state index < -0.39 is 0 Å². The van der Waals surface area contributed by atoms with E-state index in [4.69, 9.17) is 28.7 Å². The number of ether oxygens (including phenoxy) is 4. The Kier molecular flexibility index (Phi) is 22.0. The van der Waals surface area contributed by atoms with Crippen LogP contribution in [0, 0.1) is 0 Å². The number of hydrogen-bond acceptors (Lipinski definition) is 10. The Balaban J connectivity index is 3.03. The molecule has 152 valence electrons. The summed E-state index contributed by atoms with van der Waals surface area (Å²) in [5.41, 5.74) is 0. The molecule has 0 radical (unpaired) electrons. The van der Waals surface area contributed by atoms with E-state index >= 15 is 0 Å². The van der Waals surface area contributed by atoms with Crippen LogP contribution in [0.1, 0.15) is 13.3 Å². The molecule has 0 spiro atoms. The van der Waals surface area contributed by atoms with Gasteiger partial charge in [-0.1, -0.05) is 19.7 Å². The Morgan fingerprint density at radius 3 is 1.60 bits per heavy atom. The third kappa shape index (κ3) is 20.2. The lowest BCUT2D eigenvalue weighted by Gasteiger charge is -2.13. The van der Waals surface area contributed by atoms with Crippen molar-refractivity contribution in [3.63, 3.8) is 0 Å². The average Bonchev–Trinajstić information content (AvgIpc) is 2.64.